The van der Waals surface area contributed by atoms with Gasteiger partial charge in [0, 0.05) is 44.5 Å². The van der Waals surface area contributed by atoms with Gasteiger partial charge < -0.3 is 29.3 Å². The highest BCUT2D eigenvalue weighted by atomic mass is 32.1. The Labute approximate surface area is 151 Å². The summed E-state index contributed by atoms with van der Waals surface area (Å²) in [5, 5.41) is 3.89. The number of ether oxygens (including phenoxy) is 3. The molecule has 134 valence electrons. The molecule has 1 N–H and O–H groups in total. The first-order valence-corrected chi connectivity index (χ1v) is 8.97. The fraction of sp³-hybridized carbons (Fsp3) is 0.529. The summed E-state index contributed by atoms with van der Waals surface area (Å²) in [7, 11) is 0. The molecule has 1 aromatic carbocycles. The first kappa shape index (κ1) is 16.4. The summed E-state index contributed by atoms with van der Waals surface area (Å²) in [6.07, 6.45) is 1.56. The number of hydrogen-bond acceptors (Lipinski definition) is 5. The van der Waals surface area contributed by atoms with E-state index in [9.17, 15) is 4.79 Å². The summed E-state index contributed by atoms with van der Waals surface area (Å²) >= 11 is 5.51. The van der Waals surface area contributed by atoms with Gasteiger partial charge in [-0.05, 0) is 37.2 Å². The molecule has 0 aromatic heterocycles. The van der Waals surface area contributed by atoms with Gasteiger partial charge in [-0.15, -0.1) is 0 Å². The van der Waals surface area contributed by atoms with Gasteiger partial charge >= 0.3 is 0 Å². The van der Waals surface area contributed by atoms with E-state index in [-0.39, 0.29) is 18.8 Å². The molecule has 2 fully saturated rings. The second-order valence-electron chi connectivity index (χ2n) is 6.31. The lowest BCUT2D eigenvalue weighted by Crippen LogP contribution is -2.53. The van der Waals surface area contributed by atoms with E-state index in [1.54, 1.807) is 0 Å². The number of amides is 1. The second-order valence-corrected chi connectivity index (χ2v) is 6.70. The Kier molecular flexibility index (Phi) is 4.63. The van der Waals surface area contributed by atoms with E-state index >= 15 is 0 Å². The van der Waals surface area contributed by atoms with Crippen molar-refractivity contribution in [3.8, 4) is 11.5 Å². The molecule has 25 heavy (non-hydrogen) atoms. The van der Waals surface area contributed by atoms with E-state index < -0.39 is 0 Å². The topological polar surface area (TPSA) is 63.3 Å². The SMILES string of the molecule is O=C([C@@H]1CCCO1)N1CCN(C(=S)Nc2ccc3c(c2)OCO3)CC1. The van der Waals surface area contributed by atoms with E-state index in [2.05, 4.69) is 10.2 Å². The maximum Gasteiger partial charge on any atom is 0.251 e. The van der Waals surface area contributed by atoms with Crippen molar-refractivity contribution in [1.82, 2.24) is 9.80 Å². The molecule has 0 bridgehead atoms. The standard InChI is InChI=1S/C17H21N3O4S/c21-16(14-2-1-9-22-14)19-5-7-20(8-6-19)17(25)18-12-3-4-13-15(10-12)24-11-23-13/h3-4,10,14H,1-2,5-9,11H2,(H,18,25)/t14-/m0/s1. The molecular formula is C17H21N3O4S. The van der Waals surface area contributed by atoms with Crippen molar-refractivity contribution in [3.05, 3.63) is 18.2 Å². The molecule has 0 saturated carbocycles. The predicted molar refractivity (Wildman–Crippen MR) is 95.9 cm³/mol. The van der Waals surface area contributed by atoms with Gasteiger partial charge in [0.15, 0.2) is 16.6 Å². The maximum atomic E-state index is 12.4. The van der Waals surface area contributed by atoms with Gasteiger partial charge in [0.05, 0.1) is 0 Å². The largest absolute Gasteiger partial charge is 0.454 e. The fourth-order valence-electron chi connectivity index (χ4n) is 3.28. The van der Waals surface area contributed by atoms with Gasteiger partial charge in [-0.2, -0.15) is 0 Å². The molecule has 8 heteroatoms. The summed E-state index contributed by atoms with van der Waals surface area (Å²) in [4.78, 5) is 16.4. The van der Waals surface area contributed by atoms with Gasteiger partial charge in [0.25, 0.3) is 5.91 Å². The zero-order valence-corrected chi connectivity index (χ0v) is 14.7. The van der Waals surface area contributed by atoms with Crippen molar-refractivity contribution >= 4 is 28.9 Å². The average Bonchev–Trinajstić information content (AvgIpc) is 3.32. The molecule has 0 radical (unpaired) electrons. The van der Waals surface area contributed by atoms with Crippen LogP contribution in [0, 0.1) is 0 Å². The molecule has 1 amide bonds. The maximum absolute atomic E-state index is 12.4. The number of nitrogens with zero attached hydrogens (tertiary/aromatic N) is 2. The Hall–Kier alpha value is -2.06. The highest BCUT2D eigenvalue weighted by Crippen LogP contribution is 2.34. The summed E-state index contributed by atoms with van der Waals surface area (Å²) in [5.74, 6) is 1.59. The number of nitrogens with one attached hydrogen (secondary N) is 1. The number of anilines is 1. The zero-order valence-electron chi connectivity index (χ0n) is 13.9. The van der Waals surface area contributed by atoms with Crippen LogP contribution in [-0.2, 0) is 9.53 Å². The fourth-order valence-corrected chi connectivity index (χ4v) is 3.58. The molecule has 1 atom stereocenters. The third-order valence-corrected chi connectivity index (χ3v) is 5.07. The summed E-state index contributed by atoms with van der Waals surface area (Å²) < 4.78 is 16.2. The van der Waals surface area contributed by atoms with Crippen LogP contribution >= 0.6 is 12.2 Å². The lowest BCUT2D eigenvalue weighted by Gasteiger charge is -2.37. The Morgan fingerprint density at radius 3 is 2.64 bits per heavy atom. The van der Waals surface area contributed by atoms with Crippen LogP contribution in [0.1, 0.15) is 12.8 Å². The Bertz CT molecular complexity index is 670. The van der Waals surface area contributed by atoms with Crippen LogP contribution in [0.15, 0.2) is 18.2 Å². The van der Waals surface area contributed by atoms with Gasteiger partial charge in [0.2, 0.25) is 6.79 Å². The van der Waals surface area contributed by atoms with E-state index in [0.29, 0.717) is 24.8 Å². The molecule has 3 aliphatic heterocycles. The van der Waals surface area contributed by atoms with Gasteiger partial charge in [-0.3, -0.25) is 4.79 Å². The van der Waals surface area contributed by atoms with Gasteiger partial charge in [0.1, 0.15) is 6.10 Å². The Morgan fingerprint density at radius 1 is 1.12 bits per heavy atom. The first-order chi connectivity index (χ1) is 12.2. The number of fused-ring (bicyclic) bond motifs is 1. The summed E-state index contributed by atoms with van der Waals surface area (Å²) in [6, 6.07) is 5.66. The number of benzene rings is 1. The van der Waals surface area contributed by atoms with Crippen molar-refractivity contribution in [2.45, 2.75) is 18.9 Å². The monoisotopic (exact) mass is 363 g/mol. The third-order valence-electron chi connectivity index (χ3n) is 4.71. The van der Waals surface area contributed by atoms with Gasteiger partial charge in [-0.1, -0.05) is 0 Å². The van der Waals surface area contributed by atoms with Crippen LogP contribution in [0.5, 0.6) is 11.5 Å². The van der Waals surface area contributed by atoms with Crippen LogP contribution < -0.4 is 14.8 Å². The van der Waals surface area contributed by atoms with E-state index in [1.807, 2.05) is 23.1 Å². The van der Waals surface area contributed by atoms with Crippen molar-refractivity contribution in [3.63, 3.8) is 0 Å². The van der Waals surface area contributed by atoms with Crippen LogP contribution in [0.4, 0.5) is 5.69 Å². The molecule has 0 unspecified atom stereocenters. The molecule has 4 rings (SSSR count). The predicted octanol–water partition coefficient (Wildman–Crippen LogP) is 1.44. The van der Waals surface area contributed by atoms with E-state index in [4.69, 9.17) is 26.4 Å². The molecule has 0 aliphatic carbocycles. The lowest BCUT2D eigenvalue weighted by atomic mass is 10.2. The Morgan fingerprint density at radius 2 is 1.88 bits per heavy atom. The first-order valence-electron chi connectivity index (χ1n) is 8.57. The molecule has 7 nitrogen and oxygen atoms in total. The quantitative estimate of drug-likeness (QED) is 0.798. The number of carbonyl (C=O) groups is 1. The smallest absolute Gasteiger partial charge is 0.251 e. The average molecular weight is 363 g/mol. The van der Waals surface area contributed by atoms with Crippen LogP contribution in [0.2, 0.25) is 0 Å². The number of thiocarbonyl (C=S) groups is 1. The second kappa shape index (κ2) is 7.05. The zero-order chi connectivity index (χ0) is 17.2. The van der Waals surface area contributed by atoms with Crippen molar-refractivity contribution in [2.24, 2.45) is 0 Å². The minimum atomic E-state index is -0.245. The molecule has 3 aliphatic rings. The molecular weight excluding hydrogens is 342 g/mol. The van der Waals surface area contributed by atoms with Crippen LogP contribution in [0.25, 0.3) is 0 Å². The van der Waals surface area contributed by atoms with Gasteiger partial charge in [-0.25, -0.2) is 0 Å². The van der Waals surface area contributed by atoms with Crippen molar-refractivity contribution in [1.29, 1.82) is 0 Å². The summed E-state index contributed by atoms with van der Waals surface area (Å²) in [5.41, 5.74) is 0.868. The molecule has 2 saturated heterocycles. The van der Waals surface area contributed by atoms with Crippen molar-refractivity contribution in [2.75, 3.05) is 44.9 Å². The normalized spacial score (nSPS) is 22.2. The van der Waals surface area contributed by atoms with Crippen molar-refractivity contribution < 1.29 is 19.0 Å². The Balaban J connectivity index is 1.30. The highest BCUT2D eigenvalue weighted by Gasteiger charge is 2.30. The summed E-state index contributed by atoms with van der Waals surface area (Å²) in [6.45, 7) is 3.72. The minimum absolute atomic E-state index is 0.117. The molecule has 0 spiro atoms. The van der Waals surface area contributed by atoms with Crippen LogP contribution in [0.3, 0.4) is 0 Å². The number of hydrogen-bond donors (Lipinski definition) is 1. The molecule has 3 heterocycles. The molecule has 1 aromatic rings. The van der Waals surface area contributed by atoms with Crippen LogP contribution in [-0.4, -0.2) is 66.5 Å². The third kappa shape index (κ3) is 3.50. The lowest BCUT2D eigenvalue weighted by molar-refractivity contribution is -0.142. The highest BCUT2D eigenvalue weighted by molar-refractivity contribution is 7.80. The minimum Gasteiger partial charge on any atom is -0.454 e. The number of rotatable bonds is 2. The van der Waals surface area contributed by atoms with E-state index in [0.717, 1.165) is 43.1 Å². The number of carbonyl (C=O) groups excluding carboxylic acids is 1. The van der Waals surface area contributed by atoms with E-state index in [1.165, 1.54) is 0 Å². The number of piperazine rings is 1.